The third-order valence-electron chi connectivity index (χ3n) is 4.43. The summed E-state index contributed by atoms with van der Waals surface area (Å²) in [7, 11) is 0. The molecule has 3 rings (SSSR count). The first-order valence-electron chi connectivity index (χ1n) is 8.20. The van der Waals surface area contributed by atoms with Gasteiger partial charge in [-0.15, -0.1) is 0 Å². The molecule has 1 unspecified atom stereocenters. The molecule has 7 heteroatoms. The van der Waals surface area contributed by atoms with E-state index in [0.717, 1.165) is 17.7 Å². The second-order valence-corrected chi connectivity index (χ2v) is 6.28. The molecule has 1 aliphatic rings. The average molecular weight is 354 g/mol. The Kier molecular flexibility index (Phi) is 4.71. The van der Waals surface area contributed by atoms with E-state index in [2.05, 4.69) is 0 Å². The predicted octanol–water partition coefficient (Wildman–Crippen LogP) is 3.04. The number of nitro groups is 1. The van der Waals surface area contributed by atoms with Crippen LogP contribution in [0.4, 0.5) is 11.4 Å². The lowest BCUT2D eigenvalue weighted by atomic mass is 10.1. The molecule has 2 aromatic rings. The van der Waals surface area contributed by atoms with Gasteiger partial charge in [0.05, 0.1) is 10.5 Å². The number of anilines is 1. The molecule has 7 nitrogen and oxygen atoms in total. The Balaban J connectivity index is 1.67. The number of amides is 1. The maximum absolute atomic E-state index is 12.5. The highest BCUT2D eigenvalue weighted by Gasteiger charge is 2.31. The molecule has 0 radical (unpaired) electrons. The molecule has 0 fully saturated rings. The fourth-order valence-electron chi connectivity index (χ4n) is 3.21. The summed E-state index contributed by atoms with van der Waals surface area (Å²) in [5.74, 6) is -0.981. The third kappa shape index (κ3) is 3.28. The summed E-state index contributed by atoms with van der Waals surface area (Å²) in [5.41, 5.74) is 2.40. The van der Waals surface area contributed by atoms with E-state index in [9.17, 15) is 19.7 Å². The summed E-state index contributed by atoms with van der Waals surface area (Å²) in [6.07, 6.45) is 0.761. The van der Waals surface area contributed by atoms with Crippen LogP contribution in [0.1, 0.15) is 28.4 Å². The number of nitrogens with zero attached hydrogens (tertiary/aromatic N) is 2. The zero-order valence-electron chi connectivity index (χ0n) is 14.5. The number of fused-ring (bicyclic) bond motifs is 1. The Morgan fingerprint density at radius 2 is 2.00 bits per heavy atom. The van der Waals surface area contributed by atoms with Crippen molar-refractivity contribution in [2.75, 3.05) is 11.5 Å². The van der Waals surface area contributed by atoms with Gasteiger partial charge in [-0.2, -0.15) is 0 Å². The van der Waals surface area contributed by atoms with Crippen LogP contribution in [0.15, 0.2) is 42.5 Å². The molecule has 134 valence electrons. The summed E-state index contributed by atoms with van der Waals surface area (Å²) in [6, 6.07) is 11.6. The van der Waals surface area contributed by atoms with Crippen molar-refractivity contribution in [3.05, 3.63) is 69.3 Å². The molecule has 2 aromatic carbocycles. The molecule has 0 bridgehead atoms. The van der Waals surface area contributed by atoms with Crippen LogP contribution < -0.4 is 4.90 Å². The molecule has 1 amide bonds. The number of hydrogen-bond acceptors (Lipinski definition) is 5. The number of carbonyl (C=O) groups excluding carboxylic acids is 2. The minimum Gasteiger partial charge on any atom is -0.452 e. The van der Waals surface area contributed by atoms with E-state index in [1.54, 1.807) is 11.8 Å². The lowest BCUT2D eigenvalue weighted by molar-refractivity contribution is -0.385. The number of carbonyl (C=O) groups is 2. The van der Waals surface area contributed by atoms with Gasteiger partial charge in [0, 0.05) is 23.4 Å². The van der Waals surface area contributed by atoms with E-state index < -0.39 is 10.9 Å². The van der Waals surface area contributed by atoms with Crippen molar-refractivity contribution < 1.29 is 19.2 Å². The van der Waals surface area contributed by atoms with Gasteiger partial charge >= 0.3 is 5.97 Å². The van der Waals surface area contributed by atoms with E-state index in [-0.39, 0.29) is 29.8 Å². The van der Waals surface area contributed by atoms with E-state index in [1.807, 2.05) is 31.2 Å². The van der Waals surface area contributed by atoms with Crippen molar-refractivity contribution in [1.29, 1.82) is 0 Å². The SMILES string of the molecule is Cc1cc(C(=O)OCC(=O)N2c3ccccc3CC2C)ccc1[N+](=O)[O-]. The zero-order valence-corrected chi connectivity index (χ0v) is 14.5. The minimum absolute atomic E-state index is 0.000205. The molecular weight excluding hydrogens is 336 g/mol. The largest absolute Gasteiger partial charge is 0.452 e. The Morgan fingerprint density at radius 1 is 1.27 bits per heavy atom. The van der Waals surface area contributed by atoms with Gasteiger partial charge in [-0.05, 0) is 44.0 Å². The first-order valence-corrected chi connectivity index (χ1v) is 8.20. The van der Waals surface area contributed by atoms with Crippen molar-refractivity contribution in [2.24, 2.45) is 0 Å². The molecule has 0 saturated heterocycles. The average Bonchev–Trinajstić information content (AvgIpc) is 2.94. The first-order chi connectivity index (χ1) is 12.4. The molecule has 26 heavy (non-hydrogen) atoms. The van der Waals surface area contributed by atoms with E-state index in [0.29, 0.717) is 5.56 Å². The maximum atomic E-state index is 12.5. The normalized spacial score (nSPS) is 15.5. The molecule has 1 aliphatic heterocycles. The van der Waals surface area contributed by atoms with Gasteiger partial charge in [-0.25, -0.2) is 4.79 Å². The lowest BCUT2D eigenvalue weighted by Gasteiger charge is -2.22. The second kappa shape index (κ2) is 6.95. The van der Waals surface area contributed by atoms with Gasteiger partial charge in [0.15, 0.2) is 6.61 Å². The first kappa shape index (κ1) is 17.6. The van der Waals surface area contributed by atoms with Crippen molar-refractivity contribution in [3.8, 4) is 0 Å². The van der Waals surface area contributed by atoms with Crippen LogP contribution in [0.2, 0.25) is 0 Å². The Hall–Kier alpha value is -3.22. The molecular formula is C19H18N2O5. The van der Waals surface area contributed by atoms with Gasteiger partial charge in [0.25, 0.3) is 11.6 Å². The molecule has 0 saturated carbocycles. The molecule has 0 aliphatic carbocycles. The van der Waals surface area contributed by atoms with Crippen LogP contribution >= 0.6 is 0 Å². The van der Waals surface area contributed by atoms with Crippen LogP contribution in [-0.2, 0) is 16.0 Å². The fourth-order valence-corrected chi connectivity index (χ4v) is 3.21. The Labute approximate surface area is 150 Å². The number of hydrogen-bond donors (Lipinski definition) is 0. The fraction of sp³-hybridized carbons (Fsp3) is 0.263. The smallest absolute Gasteiger partial charge is 0.338 e. The topological polar surface area (TPSA) is 89.8 Å². The maximum Gasteiger partial charge on any atom is 0.338 e. The highest BCUT2D eigenvalue weighted by molar-refractivity contribution is 5.99. The lowest BCUT2D eigenvalue weighted by Crippen LogP contribution is -2.38. The number of aryl methyl sites for hydroxylation is 1. The monoisotopic (exact) mass is 354 g/mol. The molecule has 1 heterocycles. The summed E-state index contributed by atoms with van der Waals surface area (Å²) in [6.45, 7) is 3.11. The van der Waals surface area contributed by atoms with E-state index in [4.69, 9.17) is 4.74 Å². The predicted molar refractivity (Wildman–Crippen MR) is 95.2 cm³/mol. The second-order valence-electron chi connectivity index (χ2n) is 6.28. The van der Waals surface area contributed by atoms with E-state index >= 15 is 0 Å². The van der Waals surface area contributed by atoms with Gasteiger partial charge in [0.2, 0.25) is 0 Å². The zero-order chi connectivity index (χ0) is 18.8. The molecule has 0 spiro atoms. The molecule has 0 N–H and O–H groups in total. The van der Waals surface area contributed by atoms with E-state index in [1.165, 1.54) is 18.2 Å². The van der Waals surface area contributed by atoms with Crippen LogP contribution in [0.25, 0.3) is 0 Å². The number of esters is 1. The summed E-state index contributed by atoms with van der Waals surface area (Å²) < 4.78 is 5.12. The summed E-state index contributed by atoms with van der Waals surface area (Å²) in [5, 5.41) is 10.8. The number of rotatable bonds is 4. The third-order valence-corrected chi connectivity index (χ3v) is 4.43. The molecule has 0 aromatic heterocycles. The van der Waals surface area contributed by atoms with Crippen molar-refractivity contribution in [1.82, 2.24) is 0 Å². The minimum atomic E-state index is -0.684. The highest BCUT2D eigenvalue weighted by atomic mass is 16.6. The summed E-state index contributed by atoms with van der Waals surface area (Å²) in [4.78, 5) is 36.7. The molecule has 1 atom stereocenters. The van der Waals surface area contributed by atoms with Gasteiger partial charge in [0.1, 0.15) is 0 Å². The Morgan fingerprint density at radius 3 is 2.69 bits per heavy atom. The van der Waals surface area contributed by atoms with Crippen LogP contribution in [-0.4, -0.2) is 29.4 Å². The Bertz CT molecular complexity index is 893. The van der Waals surface area contributed by atoms with Crippen molar-refractivity contribution in [2.45, 2.75) is 26.3 Å². The van der Waals surface area contributed by atoms with Crippen molar-refractivity contribution in [3.63, 3.8) is 0 Å². The quantitative estimate of drug-likeness (QED) is 0.478. The van der Waals surface area contributed by atoms with Gasteiger partial charge in [-0.1, -0.05) is 18.2 Å². The highest BCUT2D eigenvalue weighted by Crippen LogP contribution is 2.31. The number of ether oxygens (including phenoxy) is 1. The van der Waals surface area contributed by atoms with Crippen molar-refractivity contribution >= 4 is 23.3 Å². The summed E-state index contributed by atoms with van der Waals surface area (Å²) >= 11 is 0. The number of para-hydroxylation sites is 1. The van der Waals surface area contributed by atoms with Crippen LogP contribution in [0.5, 0.6) is 0 Å². The standard InChI is InChI=1S/C19H18N2O5/c1-12-9-15(7-8-16(12)21(24)25)19(23)26-11-18(22)20-13(2)10-14-5-3-4-6-17(14)20/h3-9,13H,10-11H2,1-2H3. The number of benzene rings is 2. The van der Waals surface area contributed by atoms with Crippen LogP contribution in [0.3, 0.4) is 0 Å². The van der Waals surface area contributed by atoms with Gasteiger partial charge < -0.3 is 9.64 Å². The van der Waals surface area contributed by atoms with Gasteiger partial charge in [-0.3, -0.25) is 14.9 Å². The van der Waals surface area contributed by atoms with Crippen LogP contribution in [0, 0.1) is 17.0 Å². The number of nitro benzene ring substituents is 1.